The number of anilines is 1. The molecule has 2 aromatic carbocycles. The Morgan fingerprint density at radius 3 is 2.38 bits per heavy atom. The Morgan fingerprint density at radius 2 is 1.79 bits per heavy atom. The first-order chi connectivity index (χ1) is 13.7. The second kappa shape index (κ2) is 12.0. The summed E-state index contributed by atoms with van der Waals surface area (Å²) in [5.74, 6) is 1.28. The number of aryl methyl sites for hydroxylation is 1. The average Bonchev–Trinajstić information content (AvgIpc) is 2.75. The Hall–Kier alpha value is -1.84. The lowest BCUT2D eigenvalue weighted by Crippen LogP contribution is -2.40. The zero-order valence-electron chi connectivity index (χ0n) is 17.1. The Bertz CT molecular complexity index is 759. The highest BCUT2D eigenvalue weighted by molar-refractivity contribution is 14.0. The molecule has 0 aliphatic carbocycles. The third-order valence-corrected chi connectivity index (χ3v) is 5.06. The molecule has 1 fully saturated rings. The van der Waals surface area contributed by atoms with E-state index in [-0.39, 0.29) is 30.0 Å². The highest BCUT2D eigenvalue weighted by Crippen LogP contribution is 2.24. The minimum Gasteiger partial charge on any atom is -0.497 e. The zero-order chi connectivity index (χ0) is 19.8. The summed E-state index contributed by atoms with van der Waals surface area (Å²) in [6.45, 7) is 5.99. The van der Waals surface area contributed by atoms with Crippen LogP contribution in [0.25, 0.3) is 0 Å². The third kappa shape index (κ3) is 6.87. The maximum absolute atomic E-state index is 6.15. The monoisotopic (exact) mass is 510 g/mol. The molecule has 1 heterocycles. The van der Waals surface area contributed by atoms with Gasteiger partial charge in [0.2, 0.25) is 0 Å². The van der Waals surface area contributed by atoms with Gasteiger partial charge in [-0.1, -0.05) is 31.2 Å². The number of nitrogens with two attached hydrogens (primary N) is 1. The van der Waals surface area contributed by atoms with Gasteiger partial charge in [0.1, 0.15) is 5.75 Å². The number of morpholine rings is 1. The Morgan fingerprint density at radius 1 is 1.14 bits per heavy atom. The summed E-state index contributed by atoms with van der Waals surface area (Å²) in [5, 5.41) is 3.19. The fourth-order valence-corrected chi connectivity index (χ4v) is 3.34. The van der Waals surface area contributed by atoms with E-state index in [0.717, 1.165) is 44.2 Å². The van der Waals surface area contributed by atoms with Gasteiger partial charge in [-0.15, -0.1) is 24.0 Å². The molecule has 1 unspecified atom stereocenters. The van der Waals surface area contributed by atoms with E-state index < -0.39 is 0 Å². The van der Waals surface area contributed by atoms with E-state index >= 15 is 0 Å². The van der Waals surface area contributed by atoms with E-state index in [0.29, 0.717) is 12.5 Å². The molecule has 0 bridgehead atoms. The molecule has 0 amide bonds. The van der Waals surface area contributed by atoms with Crippen molar-refractivity contribution < 1.29 is 9.47 Å². The third-order valence-electron chi connectivity index (χ3n) is 5.06. The number of hydrogen-bond donors (Lipinski definition) is 2. The predicted molar refractivity (Wildman–Crippen MR) is 129 cm³/mol. The van der Waals surface area contributed by atoms with Crippen molar-refractivity contribution in [3.63, 3.8) is 0 Å². The molecule has 1 aliphatic rings. The number of aliphatic imine (C=N–C) groups is 1. The van der Waals surface area contributed by atoms with Crippen LogP contribution in [0.1, 0.15) is 24.1 Å². The Labute approximate surface area is 190 Å². The number of nitrogens with zero attached hydrogens (tertiary/aromatic N) is 2. The number of nitrogens with one attached hydrogen (secondary N) is 1. The summed E-state index contributed by atoms with van der Waals surface area (Å²) in [7, 11) is 1.68. The largest absolute Gasteiger partial charge is 0.497 e. The van der Waals surface area contributed by atoms with Crippen molar-refractivity contribution in [2.24, 2.45) is 10.7 Å². The van der Waals surface area contributed by atoms with Gasteiger partial charge >= 0.3 is 0 Å². The van der Waals surface area contributed by atoms with Crippen LogP contribution < -0.4 is 15.8 Å². The molecular formula is C22H31IN4O2. The molecule has 1 saturated heterocycles. The normalized spacial score (nSPS) is 16.0. The Kier molecular flexibility index (Phi) is 9.69. The van der Waals surface area contributed by atoms with Crippen LogP contribution in [0, 0.1) is 0 Å². The van der Waals surface area contributed by atoms with Crippen molar-refractivity contribution in [2.75, 3.05) is 45.3 Å². The smallest absolute Gasteiger partial charge is 0.193 e. The predicted octanol–water partition coefficient (Wildman–Crippen LogP) is 3.68. The molecule has 7 heteroatoms. The minimum atomic E-state index is 0. The fourth-order valence-electron chi connectivity index (χ4n) is 3.34. The lowest BCUT2D eigenvalue weighted by molar-refractivity contribution is 0.0180. The number of halogens is 1. The lowest BCUT2D eigenvalue weighted by Gasteiger charge is -2.34. The van der Waals surface area contributed by atoms with E-state index in [9.17, 15) is 0 Å². The molecule has 0 radical (unpaired) electrons. The number of methoxy groups -OCH3 is 1. The van der Waals surface area contributed by atoms with Crippen LogP contribution in [0.4, 0.5) is 5.69 Å². The first-order valence-electron chi connectivity index (χ1n) is 9.81. The van der Waals surface area contributed by atoms with Crippen molar-refractivity contribution in [1.29, 1.82) is 0 Å². The molecule has 2 aromatic rings. The molecule has 0 spiro atoms. The van der Waals surface area contributed by atoms with Crippen LogP contribution in [-0.4, -0.2) is 50.8 Å². The average molecular weight is 510 g/mol. The first-order valence-corrected chi connectivity index (χ1v) is 9.81. The van der Waals surface area contributed by atoms with E-state index in [4.69, 9.17) is 15.2 Å². The van der Waals surface area contributed by atoms with Gasteiger partial charge < -0.3 is 20.5 Å². The number of hydrogen-bond acceptors (Lipinski definition) is 4. The van der Waals surface area contributed by atoms with Crippen LogP contribution in [0.2, 0.25) is 0 Å². The standard InChI is InChI=1S/C22H30N4O2.HI/c1-3-17-4-8-19(9-5-17)25-22(23)24-16-21(26-12-14-28-15-13-26)18-6-10-20(27-2)11-7-18;/h4-11,21H,3,12-16H2,1-2H3,(H3,23,24,25);1H. The van der Waals surface area contributed by atoms with Crippen LogP contribution >= 0.6 is 24.0 Å². The molecule has 3 rings (SSSR count). The SMILES string of the molecule is CCc1ccc(NC(N)=NCC(c2ccc(OC)cc2)N2CCOCC2)cc1.I. The molecule has 29 heavy (non-hydrogen) atoms. The summed E-state index contributed by atoms with van der Waals surface area (Å²) in [5.41, 5.74) is 9.60. The first kappa shape index (κ1) is 23.4. The topological polar surface area (TPSA) is 72.1 Å². The highest BCUT2D eigenvalue weighted by atomic mass is 127. The van der Waals surface area contributed by atoms with Gasteiger partial charge in [0.25, 0.3) is 0 Å². The molecule has 1 atom stereocenters. The summed E-state index contributed by atoms with van der Waals surface area (Å²) < 4.78 is 10.8. The van der Waals surface area contributed by atoms with Gasteiger partial charge in [-0.25, -0.2) is 0 Å². The summed E-state index contributed by atoms with van der Waals surface area (Å²) in [4.78, 5) is 7.03. The van der Waals surface area contributed by atoms with Crippen molar-refractivity contribution in [1.82, 2.24) is 4.90 Å². The maximum atomic E-state index is 6.15. The number of rotatable bonds is 7. The molecule has 6 nitrogen and oxygen atoms in total. The molecule has 0 saturated carbocycles. The summed E-state index contributed by atoms with van der Waals surface area (Å²) >= 11 is 0. The van der Waals surface area contributed by atoms with Crippen LogP contribution in [-0.2, 0) is 11.2 Å². The molecule has 1 aliphatic heterocycles. The number of benzene rings is 2. The lowest BCUT2D eigenvalue weighted by atomic mass is 10.0. The van der Waals surface area contributed by atoms with Crippen molar-refractivity contribution in [3.8, 4) is 5.75 Å². The van der Waals surface area contributed by atoms with E-state index in [1.54, 1.807) is 7.11 Å². The van der Waals surface area contributed by atoms with Gasteiger partial charge in [-0.2, -0.15) is 0 Å². The molecular weight excluding hydrogens is 479 g/mol. The van der Waals surface area contributed by atoms with Crippen LogP contribution in [0.15, 0.2) is 53.5 Å². The quantitative estimate of drug-likeness (QED) is 0.338. The van der Waals surface area contributed by atoms with Crippen molar-refractivity contribution in [3.05, 3.63) is 59.7 Å². The summed E-state index contributed by atoms with van der Waals surface area (Å²) in [6.07, 6.45) is 1.02. The van der Waals surface area contributed by atoms with E-state index in [1.807, 2.05) is 24.3 Å². The van der Waals surface area contributed by atoms with Gasteiger partial charge in [0.15, 0.2) is 5.96 Å². The van der Waals surface area contributed by atoms with Gasteiger partial charge in [-0.3, -0.25) is 9.89 Å². The van der Waals surface area contributed by atoms with E-state index in [1.165, 1.54) is 11.1 Å². The fraction of sp³-hybridized carbons (Fsp3) is 0.409. The van der Waals surface area contributed by atoms with Crippen molar-refractivity contribution >= 4 is 35.6 Å². The highest BCUT2D eigenvalue weighted by Gasteiger charge is 2.22. The van der Waals surface area contributed by atoms with Gasteiger partial charge in [0, 0.05) is 18.8 Å². The maximum Gasteiger partial charge on any atom is 0.193 e. The number of ether oxygens (including phenoxy) is 2. The van der Waals surface area contributed by atoms with Crippen LogP contribution in [0.5, 0.6) is 5.75 Å². The zero-order valence-corrected chi connectivity index (χ0v) is 19.5. The van der Waals surface area contributed by atoms with Gasteiger partial charge in [-0.05, 0) is 41.8 Å². The Balaban J connectivity index is 0.00000300. The van der Waals surface area contributed by atoms with E-state index in [2.05, 4.69) is 46.4 Å². The minimum absolute atomic E-state index is 0. The summed E-state index contributed by atoms with van der Waals surface area (Å²) in [6, 6.07) is 16.6. The molecule has 3 N–H and O–H groups in total. The van der Waals surface area contributed by atoms with Crippen molar-refractivity contribution in [2.45, 2.75) is 19.4 Å². The molecule has 0 aromatic heterocycles. The second-order valence-corrected chi connectivity index (χ2v) is 6.84. The van der Waals surface area contributed by atoms with Crippen LogP contribution in [0.3, 0.4) is 0 Å². The number of guanidine groups is 1. The van der Waals surface area contributed by atoms with Gasteiger partial charge in [0.05, 0.1) is 32.9 Å². The second-order valence-electron chi connectivity index (χ2n) is 6.84. The molecule has 158 valence electrons.